The number of carbonyl (C=O) groups is 1. The molecule has 0 bridgehead atoms. The molecular weight excluding hydrogens is 370 g/mol. The summed E-state index contributed by atoms with van der Waals surface area (Å²) in [4.78, 5) is 28.8. The highest BCUT2D eigenvalue weighted by Gasteiger charge is 2.28. The number of amides is 1. The molecule has 1 fully saturated rings. The SMILES string of the molecule is Cc1cc(NC(=O)C2CCN(c3ncnc4c3nc3n4CCCCC3)CC2)no1. The quantitative estimate of drug-likeness (QED) is 0.727. The molecule has 5 rings (SSSR count). The first-order valence-electron chi connectivity index (χ1n) is 10.4. The Balaban J connectivity index is 1.30. The van der Waals surface area contributed by atoms with Gasteiger partial charge in [-0.25, -0.2) is 15.0 Å². The maximum absolute atomic E-state index is 12.5. The molecule has 1 saturated heterocycles. The monoisotopic (exact) mass is 395 g/mol. The standard InChI is InChI=1S/C20H25N7O2/c1-13-11-15(25-29-13)23-20(28)14-6-9-26(10-7-14)18-17-19(22-12-21-18)27-8-4-2-3-5-16(27)24-17/h11-12,14H,2-10H2,1H3,(H,23,25,28). The van der Waals surface area contributed by atoms with E-state index in [9.17, 15) is 4.79 Å². The molecular formula is C20H25N7O2. The summed E-state index contributed by atoms with van der Waals surface area (Å²) in [5.74, 6) is 3.13. The number of fused-ring (bicyclic) bond motifs is 3. The number of piperidine rings is 1. The third-order valence-corrected chi connectivity index (χ3v) is 5.92. The summed E-state index contributed by atoms with van der Waals surface area (Å²) < 4.78 is 7.27. The molecule has 2 aliphatic heterocycles. The van der Waals surface area contributed by atoms with E-state index in [1.807, 2.05) is 0 Å². The first-order chi connectivity index (χ1) is 14.2. The van der Waals surface area contributed by atoms with Gasteiger partial charge in [0.05, 0.1) is 0 Å². The first kappa shape index (κ1) is 18.1. The minimum atomic E-state index is -0.0423. The molecule has 0 atom stereocenters. The molecule has 5 heterocycles. The van der Waals surface area contributed by atoms with Gasteiger partial charge in [-0.2, -0.15) is 0 Å². The van der Waals surface area contributed by atoms with Gasteiger partial charge in [0.25, 0.3) is 0 Å². The number of rotatable bonds is 3. The molecule has 3 aromatic heterocycles. The molecule has 2 aliphatic rings. The molecule has 0 spiro atoms. The van der Waals surface area contributed by atoms with Gasteiger partial charge in [0.15, 0.2) is 22.8 Å². The van der Waals surface area contributed by atoms with Gasteiger partial charge in [-0.05, 0) is 32.6 Å². The van der Waals surface area contributed by atoms with Gasteiger partial charge in [0.1, 0.15) is 17.9 Å². The van der Waals surface area contributed by atoms with Crippen molar-refractivity contribution < 1.29 is 9.32 Å². The van der Waals surface area contributed by atoms with Crippen molar-refractivity contribution in [2.45, 2.75) is 52.0 Å². The van der Waals surface area contributed by atoms with Gasteiger partial charge < -0.3 is 19.3 Å². The van der Waals surface area contributed by atoms with Crippen LogP contribution in [0.15, 0.2) is 16.9 Å². The number of aromatic nitrogens is 5. The minimum absolute atomic E-state index is 0.000472. The maximum Gasteiger partial charge on any atom is 0.228 e. The van der Waals surface area contributed by atoms with E-state index in [4.69, 9.17) is 9.51 Å². The normalized spacial score (nSPS) is 17.9. The summed E-state index contributed by atoms with van der Waals surface area (Å²) in [7, 11) is 0. The van der Waals surface area contributed by atoms with E-state index < -0.39 is 0 Å². The van der Waals surface area contributed by atoms with E-state index in [0.717, 1.165) is 61.7 Å². The number of aryl methyl sites for hydroxylation is 3. The number of hydrogen-bond donors (Lipinski definition) is 1. The Morgan fingerprint density at radius 2 is 2.03 bits per heavy atom. The van der Waals surface area contributed by atoms with Crippen molar-refractivity contribution >= 4 is 28.7 Å². The average molecular weight is 395 g/mol. The van der Waals surface area contributed by atoms with E-state index in [1.165, 1.54) is 19.3 Å². The van der Waals surface area contributed by atoms with Gasteiger partial charge in [0, 0.05) is 38.0 Å². The lowest BCUT2D eigenvalue weighted by molar-refractivity contribution is -0.120. The second-order valence-corrected chi connectivity index (χ2v) is 7.93. The van der Waals surface area contributed by atoms with Crippen LogP contribution in [-0.4, -0.2) is 43.7 Å². The Bertz CT molecular complexity index is 1030. The Morgan fingerprint density at radius 3 is 2.83 bits per heavy atom. The zero-order valence-corrected chi connectivity index (χ0v) is 16.6. The molecule has 9 heteroatoms. The van der Waals surface area contributed by atoms with Crippen LogP contribution in [0, 0.1) is 12.8 Å². The van der Waals surface area contributed by atoms with Crippen LogP contribution in [0.2, 0.25) is 0 Å². The lowest BCUT2D eigenvalue weighted by Crippen LogP contribution is -2.38. The van der Waals surface area contributed by atoms with Gasteiger partial charge in [0.2, 0.25) is 5.91 Å². The fourth-order valence-electron chi connectivity index (χ4n) is 4.36. The molecule has 1 amide bonds. The number of carbonyl (C=O) groups excluding carboxylic acids is 1. The summed E-state index contributed by atoms with van der Waals surface area (Å²) in [5, 5.41) is 6.69. The van der Waals surface area contributed by atoms with Crippen molar-refractivity contribution in [3.63, 3.8) is 0 Å². The molecule has 0 saturated carbocycles. The fourth-order valence-corrected chi connectivity index (χ4v) is 4.36. The van der Waals surface area contributed by atoms with Gasteiger partial charge in [-0.15, -0.1) is 0 Å². The van der Waals surface area contributed by atoms with Crippen molar-refractivity contribution in [3.05, 3.63) is 24.0 Å². The lowest BCUT2D eigenvalue weighted by Gasteiger charge is -2.31. The highest BCUT2D eigenvalue weighted by molar-refractivity contribution is 5.92. The molecule has 29 heavy (non-hydrogen) atoms. The van der Waals surface area contributed by atoms with E-state index in [-0.39, 0.29) is 11.8 Å². The minimum Gasteiger partial charge on any atom is -0.360 e. The molecule has 0 radical (unpaired) electrons. The Labute approximate surface area is 168 Å². The van der Waals surface area contributed by atoms with Crippen LogP contribution in [-0.2, 0) is 17.8 Å². The highest BCUT2D eigenvalue weighted by Crippen LogP contribution is 2.29. The van der Waals surface area contributed by atoms with Crippen LogP contribution >= 0.6 is 0 Å². The predicted molar refractivity (Wildman–Crippen MR) is 108 cm³/mol. The zero-order valence-electron chi connectivity index (χ0n) is 16.6. The smallest absolute Gasteiger partial charge is 0.228 e. The van der Waals surface area contributed by atoms with Crippen molar-refractivity contribution in [1.29, 1.82) is 0 Å². The van der Waals surface area contributed by atoms with Crippen molar-refractivity contribution in [3.8, 4) is 0 Å². The predicted octanol–water partition coefficient (Wildman–Crippen LogP) is 2.70. The van der Waals surface area contributed by atoms with Crippen LogP contribution in [0.4, 0.5) is 11.6 Å². The zero-order chi connectivity index (χ0) is 19.8. The van der Waals surface area contributed by atoms with Crippen LogP contribution < -0.4 is 10.2 Å². The maximum atomic E-state index is 12.5. The summed E-state index contributed by atoms with van der Waals surface area (Å²) in [6.07, 6.45) is 7.76. The van der Waals surface area contributed by atoms with Crippen LogP contribution in [0.1, 0.15) is 43.7 Å². The van der Waals surface area contributed by atoms with Crippen LogP contribution in [0.25, 0.3) is 11.2 Å². The fraction of sp³-hybridized carbons (Fsp3) is 0.550. The average Bonchev–Trinajstić information content (AvgIpc) is 3.22. The number of imidazole rings is 1. The number of anilines is 2. The molecule has 152 valence electrons. The van der Waals surface area contributed by atoms with Gasteiger partial charge in [-0.1, -0.05) is 11.6 Å². The van der Waals surface area contributed by atoms with E-state index >= 15 is 0 Å². The summed E-state index contributed by atoms with van der Waals surface area (Å²) in [6, 6.07) is 1.73. The number of nitrogens with zero attached hydrogens (tertiary/aromatic N) is 6. The second-order valence-electron chi connectivity index (χ2n) is 7.93. The van der Waals surface area contributed by atoms with Gasteiger partial charge >= 0.3 is 0 Å². The molecule has 3 aromatic rings. The third-order valence-electron chi connectivity index (χ3n) is 5.92. The van der Waals surface area contributed by atoms with Crippen molar-refractivity contribution in [2.75, 3.05) is 23.3 Å². The van der Waals surface area contributed by atoms with Crippen LogP contribution in [0.5, 0.6) is 0 Å². The lowest BCUT2D eigenvalue weighted by atomic mass is 9.96. The highest BCUT2D eigenvalue weighted by atomic mass is 16.5. The van der Waals surface area contributed by atoms with Crippen LogP contribution in [0.3, 0.4) is 0 Å². The summed E-state index contributed by atoms with van der Waals surface area (Å²) >= 11 is 0. The molecule has 9 nitrogen and oxygen atoms in total. The largest absolute Gasteiger partial charge is 0.360 e. The molecule has 1 N–H and O–H groups in total. The molecule has 0 aromatic carbocycles. The summed E-state index contributed by atoms with van der Waals surface area (Å²) in [6.45, 7) is 4.32. The van der Waals surface area contributed by atoms with E-state index in [0.29, 0.717) is 11.6 Å². The third kappa shape index (κ3) is 3.45. The topological polar surface area (TPSA) is 102 Å². The molecule has 0 aliphatic carbocycles. The number of nitrogens with one attached hydrogen (secondary N) is 1. The summed E-state index contributed by atoms with van der Waals surface area (Å²) in [5.41, 5.74) is 1.83. The van der Waals surface area contributed by atoms with E-state index in [2.05, 4.69) is 29.9 Å². The Morgan fingerprint density at radius 1 is 1.17 bits per heavy atom. The van der Waals surface area contributed by atoms with Gasteiger partial charge in [-0.3, -0.25) is 4.79 Å². The first-order valence-corrected chi connectivity index (χ1v) is 10.4. The van der Waals surface area contributed by atoms with Crippen molar-refractivity contribution in [2.24, 2.45) is 5.92 Å². The number of hydrogen-bond acceptors (Lipinski definition) is 7. The molecule has 0 unspecified atom stereocenters. The Hall–Kier alpha value is -2.97. The van der Waals surface area contributed by atoms with E-state index in [1.54, 1.807) is 19.3 Å². The Kier molecular flexibility index (Phi) is 4.65. The van der Waals surface area contributed by atoms with Crippen molar-refractivity contribution in [1.82, 2.24) is 24.7 Å². The second kappa shape index (κ2) is 7.46.